The molecule has 0 heterocycles. The maximum absolute atomic E-state index is 13.6. The van der Waals surface area contributed by atoms with Gasteiger partial charge in [-0.05, 0) is 18.2 Å². The van der Waals surface area contributed by atoms with E-state index in [-0.39, 0.29) is 5.32 Å². The Morgan fingerprint density at radius 1 is 1.05 bits per heavy atom. The van der Waals surface area contributed by atoms with Crippen LogP contribution < -0.4 is 4.57 Å². The van der Waals surface area contributed by atoms with Crippen molar-refractivity contribution in [2.24, 2.45) is 0 Å². The average molecular weight is 334 g/mol. The predicted molar refractivity (Wildman–Crippen MR) is 89.9 cm³/mol. The van der Waals surface area contributed by atoms with Crippen LogP contribution in [0, 0.1) is 0 Å². The normalized spacial score (nSPS) is 12.2. The van der Waals surface area contributed by atoms with Crippen molar-refractivity contribution in [3.63, 3.8) is 0 Å². The van der Waals surface area contributed by atoms with Gasteiger partial charge in [0.1, 0.15) is 8.07 Å². The van der Waals surface area contributed by atoms with E-state index in [4.69, 9.17) is 11.6 Å². The molecular formula is C14H22ClF2NSi2. The lowest BCUT2D eigenvalue weighted by Gasteiger charge is -2.42. The van der Waals surface area contributed by atoms with E-state index >= 15 is 0 Å². The number of halogens is 3. The van der Waals surface area contributed by atoms with Crippen molar-refractivity contribution in [3.8, 4) is 0 Å². The van der Waals surface area contributed by atoms with Gasteiger partial charge in [-0.25, -0.2) is 0 Å². The van der Waals surface area contributed by atoms with E-state index in [9.17, 15) is 8.78 Å². The number of rotatable bonds is 4. The summed E-state index contributed by atoms with van der Waals surface area (Å²) in [6.45, 7) is 12.0. The fourth-order valence-corrected chi connectivity index (χ4v) is 7.40. The molecule has 0 aromatic heterocycles. The summed E-state index contributed by atoms with van der Waals surface area (Å²) >= 11 is 6.03. The number of benzene rings is 1. The predicted octanol–water partition coefficient (Wildman–Crippen LogP) is 5.97. The van der Waals surface area contributed by atoms with E-state index in [1.807, 2.05) is 36.3 Å². The summed E-state index contributed by atoms with van der Waals surface area (Å²) in [7, 11) is -4.19. The molecule has 0 bridgehead atoms. The smallest absolute Gasteiger partial charge is 0.284 e. The molecule has 0 atom stereocenters. The number of anilines is 1. The summed E-state index contributed by atoms with van der Waals surface area (Å²) in [6, 6.07) is 7.19. The van der Waals surface area contributed by atoms with Crippen LogP contribution in [-0.2, 0) is 0 Å². The van der Waals surface area contributed by atoms with Gasteiger partial charge in [-0.2, -0.15) is 8.78 Å². The van der Waals surface area contributed by atoms with Gasteiger partial charge in [0.2, 0.25) is 0 Å². The third kappa shape index (κ3) is 4.17. The van der Waals surface area contributed by atoms with Gasteiger partial charge in [-0.15, -0.1) is 0 Å². The van der Waals surface area contributed by atoms with Crippen LogP contribution in [0.4, 0.5) is 14.5 Å². The first-order valence-corrected chi connectivity index (χ1v) is 13.9. The van der Waals surface area contributed by atoms with Crippen molar-refractivity contribution in [2.45, 2.75) is 39.3 Å². The lowest BCUT2D eigenvalue weighted by molar-refractivity contribution is 0.415. The van der Waals surface area contributed by atoms with E-state index in [1.54, 1.807) is 12.1 Å². The second-order valence-electron chi connectivity index (χ2n) is 6.85. The molecule has 0 unspecified atom stereocenters. The first-order valence-electron chi connectivity index (χ1n) is 6.56. The first-order chi connectivity index (χ1) is 8.94. The highest BCUT2D eigenvalue weighted by Crippen LogP contribution is 2.35. The van der Waals surface area contributed by atoms with Crippen molar-refractivity contribution < 1.29 is 8.78 Å². The highest BCUT2D eigenvalue weighted by Gasteiger charge is 2.37. The standard InChI is InChI=1S/C14H22ClF2NSi2/c1-19(2,3)14(13(16)17)18(20(4,5)6)12-9-7-8-11(15)10-12/h7-10H,1-6H3. The Kier molecular flexibility index (Phi) is 5.21. The highest BCUT2D eigenvalue weighted by atomic mass is 35.5. The molecule has 112 valence electrons. The van der Waals surface area contributed by atoms with Gasteiger partial charge < -0.3 is 4.57 Å². The first kappa shape index (κ1) is 17.4. The molecule has 1 rings (SSSR count). The summed E-state index contributed by atoms with van der Waals surface area (Å²) in [4.78, 5) is 0. The minimum Gasteiger partial charge on any atom is -0.372 e. The van der Waals surface area contributed by atoms with Crippen molar-refractivity contribution in [2.75, 3.05) is 4.57 Å². The molecule has 0 aliphatic heterocycles. The quantitative estimate of drug-likeness (QED) is 0.614. The Morgan fingerprint density at radius 3 is 1.95 bits per heavy atom. The van der Waals surface area contributed by atoms with Gasteiger partial charge in [-0.3, -0.25) is 0 Å². The van der Waals surface area contributed by atoms with E-state index in [0.29, 0.717) is 5.02 Å². The Balaban J connectivity index is 3.53. The van der Waals surface area contributed by atoms with Gasteiger partial charge in [0.15, 0.2) is 8.24 Å². The fraction of sp³-hybridized carbons (Fsp3) is 0.429. The van der Waals surface area contributed by atoms with Gasteiger partial charge in [0, 0.05) is 10.7 Å². The van der Waals surface area contributed by atoms with Crippen LogP contribution in [0.2, 0.25) is 44.3 Å². The number of hydrogen-bond acceptors (Lipinski definition) is 1. The molecule has 1 aromatic carbocycles. The molecule has 0 saturated carbocycles. The molecule has 20 heavy (non-hydrogen) atoms. The second kappa shape index (κ2) is 5.99. The highest BCUT2D eigenvalue weighted by molar-refractivity contribution is 6.89. The third-order valence-electron chi connectivity index (χ3n) is 2.85. The maximum Gasteiger partial charge on any atom is 0.284 e. The minimum absolute atomic E-state index is 0.221. The fourth-order valence-electron chi connectivity index (χ4n) is 2.17. The molecule has 0 fully saturated rings. The van der Waals surface area contributed by atoms with Crippen LogP contribution in [-0.4, -0.2) is 16.3 Å². The van der Waals surface area contributed by atoms with Crippen LogP contribution in [0.3, 0.4) is 0 Å². The molecule has 0 aliphatic rings. The molecule has 0 radical (unpaired) electrons. The lowest BCUT2D eigenvalue weighted by Crippen LogP contribution is -2.51. The van der Waals surface area contributed by atoms with Crippen molar-refractivity contribution in [1.82, 2.24) is 0 Å². The summed E-state index contributed by atoms with van der Waals surface area (Å²) in [6.07, 6.45) is -1.56. The van der Waals surface area contributed by atoms with Crippen LogP contribution in [0.5, 0.6) is 0 Å². The maximum atomic E-state index is 13.6. The molecular weight excluding hydrogens is 312 g/mol. The topological polar surface area (TPSA) is 3.24 Å². The van der Waals surface area contributed by atoms with E-state index < -0.39 is 22.4 Å². The van der Waals surface area contributed by atoms with Gasteiger partial charge in [0.25, 0.3) is 6.08 Å². The summed E-state index contributed by atoms with van der Waals surface area (Å²) in [5.74, 6) is 0. The van der Waals surface area contributed by atoms with Crippen LogP contribution in [0.25, 0.3) is 0 Å². The van der Waals surface area contributed by atoms with Gasteiger partial charge in [-0.1, -0.05) is 56.9 Å². The number of nitrogens with zero attached hydrogens (tertiary/aromatic N) is 1. The minimum atomic E-state index is -2.18. The lowest BCUT2D eigenvalue weighted by atomic mass is 10.3. The van der Waals surface area contributed by atoms with Crippen LogP contribution in [0.15, 0.2) is 35.7 Å². The van der Waals surface area contributed by atoms with E-state index in [0.717, 1.165) is 5.69 Å². The second-order valence-corrected chi connectivity index (χ2v) is 17.0. The van der Waals surface area contributed by atoms with Crippen LogP contribution in [0.1, 0.15) is 0 Å². The third-order valence-corrected chi connectivity index (χ3v) is 6.97. The van der Waals surface area contributed by atoms with Crippen molar-refractivity contribution in [3.05, 3.63) is 40.7 Å². The Bertz CT molecular complexity index is 515. The summed E-state index contributed by atoms with van der Waals surface area (Å²) in [5.41, 5.74) is 0.766. The van der Waals surface area contributed by atoms with Crippen molar-refractivity contribution >= 4 is 33.6 Å². The van der Waals surface area contributed by atoms with Crippen LogP contribution >= 0.6 is 11.6 Å². The molecule has 6 heteroatoms. The molecule has 0 amide bonds. The SMILES string of the molecule is C[Si](C)(C)C(=C(F)F)N(c1cccc(Cl)c1)[Si](C)(C)C. The molecule has 0 spiro atoms. The van der Waals surface area contributed by atoms with Gasteiger partial charge >= 0.3 is 0 Å². The van der Waals surface area contributed by atoms with Crippen molar-refractivity contribution in [1.29, 1.82) is 0 Å². The average Bonchev–Trinajstić information content (AvgIpc) is 2.21. The van der Waals surface area contributed by atoms with E-state index in [1.165, 1.54) is 0 Å². The molecule has 0 aliphatic carbocycles. The monoisotopic (exact) mass is 333 g/mol. The van der Waals surface area contributed by atoms with E-state index in [2.05, 4.69) is 19.6 Å². The Labute approximate surface area is 127 Å². The zero-order chi connectivity index (χ0) is 15.7. The van der Waals surface area contributed by atoms with Gasteiger partial charge in [0.05, 0.1) is 5.32 Å². The summed E-state index contributed by atoms with van der Waals surface area (Å²) in [5, 5.41) is 0.791. The molecule has 1 nitrogen and oxygen atoms in total. The zero-order valence-electron chi connectivity index (χ0n) is 12.9. The zero-order valence-corrected chi connectivity index (χ0v) is 15.6. The molecule has 1 aromatic rings. The molecule has 0 N–H and O–H groups in total. The largest absolute Gasteiger partial charge is 0.372 e. The summed E-state index contributed by atoms with van der Waals surface area (Å²) < 4.78 is 29.1. The Morgan fingerprint density at radius 2 is 1.60 bits per heavy atom. The Hall–Kier alpha value is -0.656. The number of hydrogen-bond donors (Lipinski definition) is 0. The molecule has 0 saturated heterocycles.